The third-order valence-corrected chi connectivity index (χ3v) is 4.78. The van der Waals surface area contributed by atoms with E-state index in [1.807, 2.05) is 18.2 Å². The molecule has 0 radical (unpaired) electrons. The molecule has 0 aromatic carbocycles. The minimum Gasteiger partial charge on any atom is -0.348 e. The molecule has 0 aliphatic carbocycles. The lowest BCUT2D eigenvalue weighted by Gasteiger charge is -2.44. The first kappa shape index (κ1) is 13.6. The van der Waals surface area contributed by atoms with Crippen molar-refractivity contribution >= 4 is 17.7 Å². The topological polar surface area (TPSA) is 45.2 Å². The van der Waals surface area contributed by atoms with Crippen molar-refractivity contribution in [1.29, 1.82) is 0 Å². The van der Waals surface area contributed by atoms with Gasteiger partial charge in [0.25, 0.3) is 0 Å². The number of pyridine rings is 1. The van der Waals surface area contributed by atoms with Crippen LogP contribution < -0.4 is 5.32 Å². The van der Waals surface area contributed by atoms with Crippen LogP contribution in [0.25, 0.3) is 0 Å². The fourth-order valence-electron chi connectivity index (χ4n) is 2.94. The van der Waals surface area contributed by atoms with Gasteiger partial charge in [-0.25, -0.2) is 4.98 Å². The number of hydrogen-bond donors (Lipinski definition) is 1. The fraction of sp³-hybridized carbons (Fsp3) is 0.467. The van der Waals surface area contributed by atoms with E-state index < -0.39 is 0 Å². The first-order valence-electron chi connectivity index (χ1n) is 7.08. The standard InChI is InChI=1S/C15H19N3OS/c19-14(6-10-20-15-3-1-2-7-16-15)17-13-11-18-8-4-12(13)5-9-18/h1-3,6-7,10,12-13H,4-5,8-9,11H2,(H,17,19)/t13-/m0/s1. The predicted molar refractivity (Wildman–Crippen MR) is 80.3 cm³/mol. The Hall–Kier alpha value is -1.33. The Balaban J connectivity index is 1.47. The van der Waals surface area contributed by atoms with Crippen LogP contribution in [0.3, 0.4) is 0 Å². The lowest BCUT2D eigenvalue weighted by molar-refractivity contribution is -0.118. The number of nitrogens with zero attached hydrogens (tertiary/aromatic N) is 2. The molecular formula is C15H19N3OS. The summed E-state index contributed by atoms with van der Waals surface area (Å²) in [4.78, 5) is 18.6. The van der Waals surface area contributed by atoms with Crippen molar-refractivity contribution in [1.82, 2.24) is 15.2 Å². The van der Waals surface area contributed by atoms with Crippen molar-refractivity contribution in [3.05, 3.63) is 35.9 Å². The highest BCUT2D eigenvalue weighted by molar-refractivity contribution is 8.02. The second-order valence-electron chi connectivity index (χ2n) is 5.34. The maximum atomic E-state index is 11.9. The summed E-state index contributed by atoms with van der Waals surface area (Å²) in [6, 6.07) is 6.08. The molecule has 1 amide bonds. The zero-order valence-corrected chi connectivity index (χ0v) is 12.2. The molecule has 5 heteroatoms. The Morgan fingerprint density at radius 2 is 2.25 bits per heavy atom. The monoisotopic (exact) mass is 289 g/mol. The molecule has 1 atom stereocenters. The van der Waals surface area contributed by atoms with Crippen molar-refractivity contribution in [3.8, 4) is 0 Å². The molecule has 3 fully saturated rings. The lowest BCUT2D eigenvalue weighted by atomic mass is 9.84. The van der Waals surface area contributed by atoms with Gasteiger partial charge >= 0.3 is 0 Å². The van der Waals surface area contributed by atoms with Gasteiger partial charge < -0.3 is 10.2 Å². The second kappa shape index (κ2) is 6.41. The summed E-state index contributed by atoms with van der Waals surface area (Å²) in [6.07, 6.45) is 5.80. The largest absolute Gasteiger partial charge is 0.348 e. The van der Waals surface area contributed by atoms with Gasteiger partial charge in [0.1, 0.15) is 5.03 Å². The average molecular weight is 289 g/mol. The summed E-state index contributed by atoms with van der Waals surface area (Å²) in [5.74, 6) is 0.674. The van der Waals surface area contributed by atoms with Gasteiger partial charge in [0, 0.05) is 24.9 Å². The van der Waals surface area contributed by atoms with Crippen LogP contribution in [0.5, 0.6) is 0 Å². The molecule has 20 heavy (non-hydrogen) atoms. The van der Waals surface area contributed by atoms with Crippen LogP contribution >= 0.6 is 11.8 Å². The Kier molecular flexibility index (Phi) is 4.38. The summed E-state index contributed by atoms with van der Waals surface area (Å²) in [5, 5.41) is 5.84. The number of piperidine rings is 3. The van der Waals surface area contributed by atoms with E-state index in [2.05, 4.69) is 15.2 Å². The molecule has 3 saturated heterocycles. The molecule has 106 valence electrons. The van der Waals surface area contributed by atoms with Crippen molar-refractivity contribution < 1.29 is 4.79 Å². The Bertz CT molecular complexity index is 483. The normalized spacial score (nSPS) is 28.7. The van der Waals surface area contributed by atoms with E-state index in [1.54, 1.807) is 17.7 Å². The molecule has 3 aliphatic rings. The van der Waals surface area contributed by atoms with Gasteiger partial charge in [-0.15, -0.1) is 0 Å². The number of carbonyl (C=O) groups excluding carboxylic acids is 1. The van der Waals surface area contributed by atoms with Gasteiger partial charge in [0.2, 0.25) is 5.91 Å². The van der Waals surface area contributed by atoms with Crippen LogP contribution in [0.1, 0.15) is 12.8 Å². The van der Waals surface area contributed by atoms with Gasteiger partial charge in [-0.2, -0.15) is 0 Å². The van der Waals surface area contributed by atoms with Gasteiger partial charge in [-0.05, 0) is 49.4 Å². The summed E-state index contributed by atoms with van der Waals surface area (Å²) < 4.78 is 0. The fourth-order valence-corrected chi connectivity index (χ4v) is 3.55. The summed E-state index contributed by atoms with van der Waals surface area (Å²) in [5.41, 5.74) is 0. The van der Waals surface area contributed by atoms with Crippen molar-refractivity contribution in [3.63, 3.8) is 0 Å². The first-order chi connectivity index (χ1) is 9.81. The lowest BCUT2D eigenvalue weighted by Crippen LogP contribution is -2.57. The molecule has 0 saturated carbocycles. The van der Waals surface area contributed by atoms with Crippen molar-refractivity contribution in [2.45, 2.75) is 23.9 Å². The van der Waals surface area contributed by atoms with Gasteiger partial charge in [-0.1, -0.05) is 17.8 Å². The van der Waals surface area contributed by atoms with Gasteiger partial charge in [0.15, 0.2) is 0 Å². The molecule has 1 N–H and O–H groups in total. The smallest absolute Gasteiger partial charge is 0.244 e. The summed E-state index contributed by atoms with van der Waals surface area (Å²) in [7, 11) is 0. The Morgan fingerprint density at radius 3 is 2.90 bits per heavy atom. The third-order valence-electron chi connectivity index (χ3n) is 4.03. The predicted octanol–water partition coefficient (Wildman–Crippen LogP) is 1.90. The first-order valence-corrected chi connectivity index (χ1v) is 7.96. The number of carbonyl (C=O) groups is 1. The van der Waals surface area contributed by atoms with Crippen LogP contribution in [0.15, 0.2) is 40.9 Å². The highest BCUT2D eigenvalue weighted by atomic mass is 32.2. The number of rotatable bonds is 4. The molecule has 3 aliphatic heterocycles. The number of nitrogens with one attached hydrogen (secondary N) is 1. The van der Waals surface area contributed by atoms with E-state index in [9.17, 15) is 4.79 Å². The summed E-state index contributed by atoms with van der Waals surface area (Å²) in [6.45, 7) is 3.41. The van der Waals surface area contributed by atoms with Gasteiger partial charge in [-0.3, -0.25) is 4.79 Å². The molecular weight excluding hydrogens is 270 g/mol. The average Bonchev–Trinajstić information content (AvgIpc) is 2.49. The summed E-state index contributed by atoms with van der Waals surface area (Å²) >= 11 is 1.46. The Morgan fingerprint density at radius 1 is 1.40 bits per heavy atom. The van der Waals surface area contributed by atoms with E-state index in [1.165, 1.54) is 37.7 Å². The van der Waals surface area contributed by atoms with Crippen molar-refractivity contribution in [2.24, 2.45) is 5.92 Å². The molecule has 4 rings (SSSR count). The van der Waals surface area contributed by atoms with E-state index in [4.69, 9.17) is 0 Å². The minimum atomic E-state index is 0.00665. The maximum Gasteiger partial charge on any atom is 0.244 e. The molecule has 2 bridgehead atoms. The van der Waals surface area contributed by atoms with E-state index in [-0.39, 0.29) is 5.91 Å². The van der Waals surface area contributed by atoms with Crippen LogP contribution in [-0.2, 0) is 4.79 Å². The maximum absolute atomic E-state index is 11.9. The molecule has 1 aromatic rings. The van der Waals surface area contributed by atoms with Crippen LogP contribution in [0.2, 0.25) is 0 Å². The third kappa shape index (κ3) is 3.41. The number of fused-ring (bicyclic) bond motifs is 3. The number of aromatic nitrogens is 1. The number of hydrogen-bond acceptors (Lipinski definition) is 4. The van der Waals surface area contributed by atoms with Gasteiger partial charge in [0.05, 0.1) is 0 Å². The molecule has 4 nitrogen and oxygen atoms in total. The van der Waals surface area contributed by atoms with E-state index >= 15 is 0 Å². The van der Waals surface area contributed by atoms with Crippen molar-refractivity contribution in [2.75, 3.05) is 19.6 Å². The number of amides is 1. The quantitative estimate of drug-likeness (QED) is 0.679. The van der Waals surface area contributed by atoms with Crippen LogP contribution in [0, 0.1) is 5.92 Å². The zero-order chi connectivity index (χ0) is 13.8. The van der Waals surface area contributed by atoms with E-state index in [0.717, 1.165) is 11.6 Å². The molecule has 4 heterocycles. The van der Waals surface area contributed by atoms with Crippen LogP contribution in [-0.4, -0.2) is 41.5 Å². The highest BCUT2D eigenvalue weighted by Gasteiger charge is 2.34. The molecule has 1 aromatic heterocycles. The zero-order valence-electron chi connectivity index (χ0n) is 11.4. The minimum absolute atomic E-state index is 0.00665. The highest BCUT2D eigenvalue weighted by Crippen LogP contribution is 2.27. The van der Waals surface area contributed by atoms with Crippen LogP contribution in [0.4, 0.5) is 0 Å². The second-order valence-corrected chi connectivity index (χ2v) is 6.27. The number of thioether (sulfide) groups is 1. The molecule has 0 spiro atoms. The Labute approximate surface area is 123 Å². The van der Waals surface area contributed by atoms with E-state index in [0.29, 0.717) is 12.0 Å². The SMILES string of the molecule is O=C(C=CSc1ccccn1)N[C@H]1CN2CCC1CC2. The molecule has 0 unspecified atom stereocenters.